The normalized spacial score (nSPS) is 15.8. The van der Waals surface area contributed by atoms with Crippen LogP contribution in [0.4, 0.5) is 5.69 Å². The number of methoxy groups -OCH3 is 1. The fourth-order valence-corrected chi connectivity index (χ4v) is 3.62. The van der Waals surface area contributed by atoms with Gasteiger partial charge in [0.2, 0.25) is 0 Å². The number of ether oxygens (including phenoxy) is 1. The number of aromatic nitrogens is 4. The van der Waals surface area contributed by atoms with Crippen molar-refractivity contribution in [3.05, 3.63) is 41.8 Å². The molecule has 0 unspecified atom stereocenters. The first-order valence-corrected chi connectivity index (χ1v) is 8.37. The van der Waals surface area contributed by atoms with E-state index in [0.717, 1.165) is 48.3 Å². The molecule has 0 bridgehead atoms. The predicted octanol–water partition coefficient (Wildman–Crippen LogP) is 3.33. The molecule has 0 N–H and O–H groups in total. The van der Waals surface area contributed by atoms with Crippen LogP contribution in [-0.4, -0.2) is 40.2 Å². The van der Waals surface area contributed by atoms with Gasteiger partial charge in [-0.15, -0.1) is 5.10 Å². The van der Waals surface area contributed by atoms with Crippen molar-refractivity contribution >= 4 is 28.2 Å². The maximum absolute atomic E-state index is 6.50. The lowest BCUT2D eigenvalue weighted by Crippen LogP contribution is -2.35. The van der Waals surface area contributed by atoms with Crippen LogP contribution in [-0.2, 0) is 0 Å². The Bertz CT molecular complexity index is 844. The summed E-state index contributed by atoms with van der Waals surface area (Å²) >= 11 is 6.50. The van der Waals surface area contributed by atoms with E-state index < -0.39 is 0 Å². The lowest BCUT2D eigenvalue weighted by molar-refractivity contribution is 0.360. The molecular formula is C17H18ClN5O. The summed E-state index contributed by atoms with van der Waals surface area (Å²) in [5.74, 6) is 0.810. The summed E-state index contributed by atoms with van der Waals surface area (Å²) in [6.45, 7) is 1.83. The van der Waals surface area contributed by atoms with Crippen LogP contribution in [0.2, 0.25) is 5.02 Å². The number of fused-ring (bicyclic) bond motifs is 1. The Labute approximate surface area is 145 Å². The van der Waals surface area contributed by atoms with Gasteiger partial charge in [0.25, 0.3) is 0 Å². The Morgan fingerprint density at radius 3 is 2.79 bits per heavy atom. The van der Waals surface area contributed by atoms with E-state index in [1.165, 1.54) is 0 Å². The molecule has 0 radical (unpaired) electrons. The number of hydrogen-bond acceptors (Lipinski definition) is 5. The zero-order chi connectivity index (χ0) is 16.5. The smallest absolute Gasteiger partial charge is 0.119 e. The van der Waals surface area contributed by atoms with E-state index in [4.69, 9.17) is 16.3 Å². The molecule has 24 heavy (non-hydrogen) atoms. The summed E-state index contributed by atoms with van der Waals surface area (Å²) in [7, 11) is 1.67. The third-order valence-corrected chi connectivity index (χ3v) is 4.87. The fraction of sp³-hybridized carbons (Fsp3) is 0.353. The molecule has 4 rings (SSSR count). The van der Waals surface area contributed by atoms with Gasteiger partial charge in [-0.25, -0.2) is 4.68 Å². The van der Waals surface area contributed by atoms with Gasteiger partial charge in [0.05, 0.1) is 35.6 Å². The molecule has 1 aromatic carbocycles. The van der Waals surface area contributed by atoms with Crippen LogP contribution in [0.25, 0.3) is 10.9 Å². The van der Waals surface area contributed by atoms with Crippen molar-refractivity contribution in [3.8, 4) is 5.75 Å². The van der Waals surface area contributed by atoms with Crippen molar-refractivity contribution in [2.24, 2.45) is 0 Å². The molecule has 1 aliphatic rings. The van der Waals surface area contributed by atoms with Crippen LogP contribution >= 0.6 is 11.6 Å². The average molecular weight is 344 g/mol. The van der Waals surface area contributed by atoms with Gasteiger partial charge in [-0.05, 0) is 31.0 Å². The molecule has 3 aromatic rings. The maximum Gasteiger partial charge on any atom is 0.119 e. The molecule has 124 valence electrons. The van der Waals surface area contributed by atoms with Crippen LogP contribution in [0.5, 0.6) is 5.75 Å². The highest BCUT2D eigenvalue weighted by Crippen LogP contribution is 2.37. The van der Waals surface area contributed by atoms with E-state index in [2.05, 4.69) is 20.2 Å². The maximum atomic E-state index is 6.50. The summed E-state index contributed by atoms with van der Waals surface area (Å²) in [5.41, 5.74) is 1.96. The minimum atomic E-state index is 0.394. The highest BCUT2D eigenvalue weighted by molar-refractivity contribution is 6.34. The zero-order valence-corrected chi connectivity index (χ0v) is 14.1. The van der Waals surface area contributed by atoms with E-state index in [-0.39, 0.29) is 0 Å². The molecule has 0 saturated carbocycles. The second kappa shape index (κ2) is 6.28. The zero-order valence-electron chi connectivity index (χ0n) is 13.4. The SMILES string of the molecule is COc1ccc2ncc(Cl)c(N3CCC(n4ccnn4)CC3)c2c1. The van der Waals surface area contributed by atoms with Crippen molar-refractivity contribution < 1.29 is 4.74 Å². The molecule has 0 atom stereocenters. The van der Waals surface area contributed by atoms with E-state index in [1.54, 1.807) is 19.5 Å². The average Bonchev–Trinajstić information content (AvgIpc) is 3.16. The number of rotatable bonds is 3. The van der Waals surface area contributed by atoms with Gasteiger partial charge < -0.3 is 9.64 Å². The number of halogens is 1. The minimum absolute atomic E-state index is 0.394. The topological polar surface area (TPSA) is 56.1 Å². The Morgan fingerprint density at radius 1 is 1.25 bits per heavy atom. The first-order chi connectivity index (χ1) is 11.8. The number of hydrogen-bond donors (Lipinski definition) is 0. The van der Waals surface area contributed by atoms with Gasteiger partial charge >= 0.3 is 0 Å². The first kappa shape index (κ1) is 15.2. The van der Waals surface area contributed by atoms with Crippen molar-refractivity contribution in [1.82, 2.24) is 20.0 Å². The lowest BCUT2D eigenvalue weighted by atomic mass is 10.0. The standard InChI is InChI=1S/C17H18ClN5O/c1-24-13-2-3-16-14(10-13)17(15(18)11-19-16)22-7-4-12(5-8-22)23-9-6-20-21-23/h2-3,6,9-12H,4-5,7-8H2,1H3. The Hall–Kier alpha value is -2.34. The lowest BCUT2D eigenvalue weighted by Gasteiger charge is -2.34. The van der Waals surface area contributed by atoms with Crippen LogP contribution in [0.15, 0.2) is 36.8 Å². The third-order valence-electron chi connectivity index (χ3n) is 4.60. The molecule has 0 aliphatic carbocycles. The molecule has 1 fully saturated rings. The summed E-state index contributed by atoms with van der Waals surface area (Å²) in [5, 5.41) is 9.73. The Balaban J connectivity index is 1.65. The molecule has 3 heterocycles. The number of benzene rings is 1. The van der Waals surface area contributed by atoms with E-state index in [1.807, 2.05) is 29.1 Å². The minimum Gasteiger partial charge on any atom is -0.497 e. The molecular weight excluding hydrogens is 326 g/mol. The summed E-state index contributed by atoms with van der Waals surface area (Å²) in [6, 6.07) is 6.29. The predicted molar refractivity (Wildman–Crippen MR) is 93.8 cm³/mol. The van der Waals surface area contributed by atoms with Crippen LogP contribution < -0.4 is 9.64 Å². The number of pyridine rings is 1. The fourth-order valence-electron chi connectivity index (χ4n) is 3.35. The molecule has 2 aromatic heterocycles. The van der Waals surface area contributed by atoms with Gasteiger partial charge in [-0.1, -0.05) is 16.8 Å². The van der Waals surface area contributed by atoms with Gasteiger partial charge in [-0.3, -0.25) is 4.98 Å². The summed E-state index contributed by atoms with van der Waals surface area (Å²) in [4.78, 5) is 6.76. The summed E-state index contributed by atoms with van der Waals surface area (Å²) < 4.78 is 7.31. The van der Waals surface area contributed by atoms with Gasteiger partial charge in [0, 0.05) is 30.9 Å². The monoisotopic (exact) mass is 343 g/mol. The number of piperidine rings is 1. The van der Waals surface area contributed by atoms with Crippen LogP contribution in [0.1, 0.15) is 18.9 Å². The quantitative estimate of drug-likeness (QED) is 0.730. The third kappa shape index (κ3) is 2.67. The molecule has 0 spiro atoms. The van der Waals surface area contributed by atoms with E-state index in [0.29, 0.717) is 11.1 Å². The van der Waals surface area contributed by atoms with E-state index in [9.17, 15) is 0 Å². The summed E-state index contributed by atoms with van der Waals surface area (Å²) in [6.07, 6.45) is 7.40. The second-order valence-corrected chi connectivity index (χ2v) is 6.35. The highest BCUT2D eigenvalue weighted by Gasteiger charge is 2.24. The molecule has 0 amide bonds. The van der Waals surface area contributed by atoms with Crippen LogP contribution in [0, 0.1) is 0 Å². The van der Waals surface area contributed by atoms with Crippen molar-refractivity contribution in [1.29, 1.82) is 0 Å². The Morgan fingerprint density at radius 2 is 2.08 bits per heavy atom. The Kier molecular flexibility index (Phi) is 3.98. The molecule has 1 aliphatic heterocycles. The first-order valence-electron chi connectivity index (χ1n) is 7.99. The van der Waals surface area contributed by atoms with Crippen molar-refractivity contribution in [2.75, 3.05) is 25.1 Å². The number of anilines is 1. The molecule has 7 heteroatoms. The molecule has 1 saturated heterocycles. The van der Waals surface area contributed by atoms with Gasteiger partial charge in [0.15, 0.2) is 0 Å². The highest BCUT2D eigenvalue weighted by atomic mass is 35.5. The largest absolute Gasteiger partial charge is 0.497 e. The van der Waals surface area contributed by atoms with Crippen LogP contribution in [0.3, 0.4) is 0 Å². The van der Waals surface area contributed by atoms with Crippen molar-refractivity contribution in [3.63, 3.8) is 0 Å². The second-order valence-electron chi connectivity index (χ2n) is 5.94. The van der Waals surface area contributed by atoms with Gasteiger partial charge in [-0.2, -0.15) is 0 Å². The van der Waals surface area contributed by atoms with Crippen molar-refractivity contribution in [2.45, 2.75) is 18.9 Å². The molecule has 6 nitrogen and oxygen atoms in total. The van der Waals surface area contributed by atoms with Gasteiger partial charge in [0.1, 0.15) is 5.75 Å². The van der Waals surface area contributed by atoms with E-state index >= 15 is 0 Å². The number of nitrogens with zero attached hydrogens (tertiary/aromatic N) is 5.